The summed E-state index contributed by atoms with van der Waals surface area (Å²) >= 11 is 5.39. The van der Waals surface area contributed by atoms with E-state index < -0.39 is 0 Å². The predicted molar refractivity (Wildman–Crippen MR) is 90.6 cm³/mol. The molecule has 0 aliphatic heterocycles. The number of carbonyl (C=O) groups excluding carboxylic acids is 1. The second kappa shape index (κ2) is 7.55. The first-order valence-electron chi connectivity index (χ1n) is 6.95. The number of rotatable bonds is 4. The van der Waals surface area contributed by atoms with E-state index in [1.54, 1.807) is 12.1 Å². The molecule has 1 N–H and O–H groups in total. The Hall–Kier alpha value is -2.20. The summed E-state index contributed by atoms with van der Waals surface area (Å²) in [6.07, 6.45) is 0.941. The van der Waals surface area contributed by atoms with Crippen molar-refractivity contribution in [2.24, 2.45) is 0 Å². The zero-order valence-corrected chi connectivity index (χ0v) is 12.8. The van der Waals surface area contributed by atoms with Gasteiger partial charge in [-0.2, -0.15) is 0 Å². The third kappa shape index (κ3) is 4.13. The molecule has 0 aromatic heterocycles. The molecule has 3 nitrogen and oxygen atoms in total. The summed E-state index contributed by atoms with van der Waals surface area (Å²) in [7, 11) is 0. The first-order valence-corrected chi connectivity index (χ1v) is 7.36. The van der Waals surface area contributed by atoms with Crippen molar-refractivity contribution >= 4 is 28.9 Å². The highest BCUT2D eigenvalue weighted by molar-refractivity contribution is 7.80. The average molecular weight is 298 g/mol. The number of benzene rings is 2. The minimum atomic E-state index is -0.183. The van der Waals surface area contributed by atoms with E-state index in [0.29, 0.717) is 10.7 Å². The number of thiocarbonyl (C=S) groups is 1. The maximum absolute atomic E-state index is 12.2. The summed E-state index contributed by atoms with van der Waals surface area (Å²) < 4.78 is 0. The molecular formula is C17H18N2OS. The number of anilines is 1. The van der Waals surface area contributed by atoms with Crippen LogP contribution in [0.3, 0.4) is 0 Å². The summed E-state index contributed by atoms with van der Waals surface area (Å²) in [6, 6.07) is 18.9. The summed E-state index contributed by atoms with van der Waals surface area (Å²) in [4.78, 5) is 14.1. The van der Waals surface area contributed by atoms with E-state index in [2.05, 4.69) is 12.2 Å². The Morgan fingerprint density at radius 1 is 1.05 bits per heavy atom. The fourth-order valence-corrected chi connectivity index (χ4v) is 2.30. The Morgan fingerprint density at radius 3 is 2.19 bits per heavy atom. The van der Waals surface area contributed by atoms with Gasteiger partial charge in [-0.05, 0) is 42.9 Å². The lowest BCUT2D eigenvalue weighted by Crippen LogP contribution is -2.43. The minimum Gasteiger partial charge on any atom is -0.319 e. The third-order valence-corrected chi connectivity index (χ3v) is 3.34. The van der Waals surface area contributed by atoms with Crippen LogP contribution in [0.2, 0.25) is 0 Å². The fourth-order valence-electron chi connectivity index (χ4n) is 2.01. The molecule has 0 saturated carbocycles. The van der Waals surface area contributed by atoms with Gasteiger partial charge in [0.15, 0.2) is 5.11 Å². The lowest BCUT2D eigenvalue weighted by Gasteiger charge is -2.25. The Morgan fingerprint density at radius 2 is 1.62 bits per heavy atom. The SMILES string of the molecule is CCCN(C(=S)NC(=O)c1ccccc1)c1ccccc1. The van der Waals surface area contributed by atoms with Crippen molar-refractivity contribution in [3.8, 4) is 0 Å². The van der Waals surface area contributed by atoms with Crippen molar-refractivity contribution < 1.29 is 4.79 Å². The first-order chi connectivity index (χ1) is 10.2. The molecular weight excluding hydrogens is 280 g/mol. The van der Waals surface area contributed by atoms with E-state index in [-0.39, 0.29) is 5.91 Å². The van der Waals surface area contributed by atoms with Crippen LogP contribution in [0.15, 0.2) is 60.7 Å². The van der Waals surface area contributed by atoms with Crippen LogP contribution in [-0.2, 0) is 0 Å². The molecule has 1 amide bonds. The Kier molecular flexibility index (Phi) is 5.46. The smallest absolute Gasteiger partial charge is 0.257 e. The summed E-state index contributed by atoms with van der Waals surface area (Å²) in [5.74, 6) is -0.183. The van der Waals surface area contributed by atoms with Crippen LogP contribution in [0.25, 0.3) is 0 Å². The van der Waals surface area contributed by atoms with Crippen molar-refractivity contribution in [3.63, 3.8) is 0 Å². The molecule has 0 atom stereocenters. The predicted octanol–water partition coefficient (Wildman–Crippen LogP) is 3.62. The van der Waals surface area contributed by atoms with Gasteiger partial charge in [0.2, 0.25) is 0 Å². The molecule has 0 fully saturated rings. The van der Waals surface area contributed by atoms with Crippen LogP contribution in [-0.4, -0.2) is 17.6 Å². The highest BCUT2D eigenvalue weighted by Gasteiger charge is 2.14. The maximum atomic E-state index is 12.2. The highest BCUT2D eigenvalue weighted by Crippen LogP contribution is 2.14. The number of hydrogen-bond donors (Lipinski definition) is 1. The Bertz CT molecular complexity index is 599. The standard InChI is InChI=1S/C17H18N2OS/c1-2-13-19(15-11-7-4-8-12-15)17(21)18-16(20)14-9-5-3-6-10-14/h3-12H,2,13H2,1H3,(H,18,20,21). The van der Waals surface area contributed by atoms with Gasteiger partial charge >= 0.3 is 0 Å². The topological polar surface area (TPSA) is 32.3 Å². The average Bonchev–Trinajstić information content (AvgIpc) is 2.54. The van der Waals surface area contributed by atoms with Gasteiger partial charge in [-0.1, -0.05) is 43.3 Å². The summed E-state index contributed by atoms with van der Waals surface area (Å²) in [6.45, 7) is 2.84. The molecule has 0 aliphatic carbocycles. The number of amides is 1. The van der Waals surface area contributed by atoms with E-state index in [4.69, 9.17) is 12.2 Å². The van der Waals surface area contributed by atoms with Gasteiger partial charge in [0.05, 0.1) is 0 Å². The molecule has 108 valence electrons. The molecule has 0 unspecified atom stereocenters. The van der Waals surface area contributed by atoms with Crippen LogP contribution in [0.5, 0.6) is 0 Å². The number of nitrogens with one attached hydrogen (secondary N) is 1. The number of nitrogens with zero attached hydrogens (tertiary/aromatic N) is 1. The zero-order valence-electron chi connectivity index (χ0n) is 12.0. The molecule has 2 aromatic carbocycles. The molecule has 21 heavy (non-hydrogen) atoms. The van der Waals surface area contributed by atoms with E-state index in [0.717, 1.165) is 18.7 Å². The quantitative estimate of drug-likeness (QED) is 0.875. The van der Waals surface area contributed by atoms with Crippen molar-refractivity contribution in [1.29, 1.82) is 0 Å². The first kappa shape index (κ1) is 15.2. The normalized spacial score (nSPS) is 9.95. The zero-order chi connectivity index (χ0) is 15.1. The van der Waals surface area contributed by atoms with E-state index in [9.17, 15) is 4.79 Å². The van der Waals surface area contributed by atoms with Gasteiger partial charge in [0.25, 0.3) is 5.91 Å². The van der Waals surface area contributed by atoms with Crippen molar-refractivity contribution in [2.45, 2.75) is 13.3 Å². The number of para-hydroxylation sites is 1. The van der Waals surface area contributed by atoms with E-state index in [1.807, 2.05) is 53.4 Å². The van der Waals surface area contributed by atoms with Gasteiger partial charge in [-0.3, -0.25) is 10.1 Å². The molecule has 0 saturated heterocycles. The number of carbonyl (C=O) groups is 1. The molecule has 0 heterocycles. The minimum absolute atomic E-state index is 0.183. The maximum Gasteiger partial charge on any atom is 0.257 e. The fraction of sp³-hybridized carbons (Fsp3) is 0.176. The molecule has 4 heteroatoms. The Labute approximate surface area is 130 Å². The van der Waals surface area contributed by atoms with E-state index in [1.165, 1.54) is 0 Å². The van der Waals surface area contributed by atoms with Gasteiger partial charge < -0.3 is 4.90 Å². The van der Waals surface area contributed by atoms with Gasteiger partial charge in [0.1, 0.15) is 0 Å². The molecule has 0 bridgehead atoms. The lowest BCUT2D eigenvalue weighted by atomic mass is 10.2. The third-order valence-electron chi connectivity index (χ3n) is 3.02. The Balaban J connectivity index is 2.11. The van der Waals surface area contributed by atoms with Crippen LogP contribution in [0, 0.1) is 0 Å². The molecule has 0 spiro atoms. The molecule has 2 rings (SSSR count). The van der Waals surface area contributed by atoms with E-state index >= 15 is 0 Å². The van der Waals surface area contributed by atoms with Crippen molar-refractivity contribution in [3.05, 3.63) is 66.2 Å². The van der Waals surface area contributed by atoms with Gasteiger partial charge in [-0.25, -0.2) is 0 Å². The highest BCUT2D eigenvalue weighted by atomic mass is 32.1. The van der Waals surface area contributed by atoms with Crippen LogP contribution in [0.1, 0.15) is 23.7 Å². The van der Waals surface area contributed by atoms with Crippen molar-refractivity contribution in [2.75, 3.05) is 11.4 Å². The van der Waals surface area contributed by atoms with Crippen LogP contribution in [0.4, 0.5) is 5.69 Å². The summed E-state index contributed by atoms with van der Waals surface area (Å²) in [5, 5.41) is 3.23. The van der Waals surface area contributed by atoms with Gasteiger partial charge in [-0.15, -0.1) is 0 Å². The lowest BCUT2D eigenvalue weighted by molar-refractivity contribution is 0.0977. The number of hydrogen-bond acceptors (Lipinski definition) is 2. The second-order valence-electron chi connectivity index (χ2n) is 4.61. The molecule has 2 aromatic rings. The second-order valence-corrected chi connectivity index (χ2v) is 5.00. The summed E-state index contributed by atoms with van der Waals surface area (Å²) in [5.41, 5.74) is 1.59. The van der Waals surface area contributed by atoms with Crippen LogP contribution >= 0.6 is 12.2 Å². The van der Waals surface area contributed by atoms with Gasteiger partial charge in [0, 0.05) is 17.8 Å². The van der Waals surface area contributed by atoms with Crippen LogP contribution < -0.4 is 10.2 Å². The molecule has 0 radical (unpaired) electrons. The van der Waals surface area contributed by atoms with Crippen molar-refractivity contribution in [1.82, 2.24) is 5.32 Å². The molecule has 0 aliphatic rings. The monoisotopic (exact) mass is 298 g/mol. The largest absolute Gasteiger partial charge is 0.319 e.